The van der Waals surface area contributed by atoms with Gasteiger partial charge >= 0.3 is 5.69 Å². The molecule has 0 unspecified atom stereocenters. The van der Waals surface area contributed by atoms with Crippen molar-refractivity contribution in [1.82, 2.24) is 9.97 Å². The van der Waals surface area contributed by atoms with E-state index in [2.05, 4.69) is 41.8 Å². The number of halogens is 2. The molecule has 0 N–H and O–H groups in total. The summed E-state index contributed by atoms with van der Waals surface area (Å²) in [5, 5.41) is 11.0. The number of aromatic nitrogens is 2. The molecule has 0 amide bonds. The fraction of sp³-hybridized carbons (Fsp3) is 0.167. The molecule has 6 nitrogen and oxygen atoms in total. The predicted octanol–water partition coefficient (Wildman–Crippen LogP) is 4.26. The van der Waals surface area contributed by atoms with Crippen LogP contribution in [0.5, 0.6) is 11.6 Å². The van der Waals surface area contributed by atoms with Crippen molar-refractivity contribution in [2.45, 2.75) is 13.3 Å². The summed E-state index contributed by atoms with van der Waals surface area (Å²) in [7, 11) is 0. The van der Waals surface area contributed by atoms with Crippen LogP contribution in [0.3, 0.4) is 0 Å². The number of nitro benzene ring substituents is 1. The SMILES string of the molecule is CCc1nc(Br)cc(Oc2ccc(Br)cc2[N+](=O)[O-])n1. The highest BCUT2D eigenvalue weighted by Crippen LogP contribution is 2.33. The molecule has 0 aliphatic heterocycles. The van der Waals surface area contributed by atoms with Crippen molar-refractivity contribution in [2.75, 3.05) is 0 Å². The van der Waals surface area contributed by atoms with Crippen molar-refractivity contribution < 1.29 is 9.66 Å². The largest absolute Gasteiger partial charge is 0.432 e. The number of nitro groups is 1. The van der Waals surface area contributed by atoms with Gasteiger partial charge in [0.25, 0.3) is 0 Å². The number of aryl methyl sites for hydroxylation is 1. The van der Waals surface area contributed by atoms with Gasteiger partial charge in [0.1, 0.15) is 10.4 Å². The van der Waals surface area contributed by atoms with E-state index < -0.39 is 4.92 Å². The molecule has 0 atom stereocenters. The Balaban J connectivity index is 2.39. The van der Waals surface area contributed by atoms with E-state index in [1.165, 1.54) is 12.1 Å². The first-order chi connectivity index (χ1) is 9.49. The first-order valence-corrected chi connectivity index (χ1v) is 7.23. The first kappa shape index (κ1) is 14.9. The van der Waals surface area contributed by atoms with Gasteiger partial charge in [-0.05, 0) is 28.1 Å². The Labute approximate surface area is 131 Å². The molecule has 20 heavy (non-hydrogen) atoms. The molecule has 8 heteroatoms. The summed E-state index contributed by atoms with van der Waals surface area (Å²) < 4.78 is 6.68. The van der Waals surface area contributed by atoms with E-state index in [1.54, 1.807) is 12.1 Å². The number of benzene rings is 1. The summed E-state index contributed by atoms with van der Waals surface area (Å²) in [5.41, 5.74) is -0.132. The number of hydrogen-bond acceptors (Lipinski definition) is 5. The zero-order valence-corrected chi connectivity index (χ0v) is 13.5. The van der Waals surface area contributed by atoms with Crippen molar-refractivity contribution in [1.29, 1.82) is 0 Å². The van der Waals surface area contributed by atoms with Gasteiger partial charge < -0.3 is 4.74 Å². The van der Waals surface area contributed by atoms with Crippen LogP contribution in [0.15, 0.2) is 33.3 Å². The van der Waals surface area contributed by atoms with Crippen LogP contribution in [0.1, 0.15) is 12.7 Å². The summed E-state index contributed by atoms with van der Waals surface area (Å²) in [5.74, 6) is 0.981. The fourth-order valence-corrected chi connectivity index (χ4v) is 2.23. The molecule has 2 rings (SSSR count). The smallest absolute Gasteiger partial charge is 0.312 e. The van der Waals surface area contributed by atoms with E-state index in [4.69, 9.17) is 4.74 Å². The summed E-state index contributed by atoms with van der Waals surface area (Å²) in [4.78, 5) is 18.8. The summed E-state index contributed by atoms with van der Waals surface area (Å²) in [6.45, 7) is 1.91. The van der Waals surface area contributed by atoms with Gasteiger partial charge in [0.05, 0.1) is 4.92 Å². The van der Waals surface area contributed by atoms with Crippen molar-refractivity contribution in [2.24, 2.45) is 0 Å². The Morgan fingerprint density at radius 2 is 2.05 bits per heavy atom. The summed E-state index contributed by atoms with van der Waals surface area (Å²) >= 11 is 6.45. The van der Waals surface area contributed by atoms with Crippen molar-refractivity contribution >= 4 is 37.5 Å². The Kier molecular flexibility index (Phi) is 4.66. The summed E-state index contributed by atoms with van der Waals surface area (Å²) in [6.07, 6.45) is 0.637. The maximum Gasteiger partial charge on any atom is 0.312 e. The average Bonchev–Trinajstić information content (AvgIpc) is 2.40. The quantitative estimate of drug-likeness (QED) is 0.433. The summed E-state index contributed by atoms with van der Waals surface area (Å²) in [6, 6.07) is 6.13. The van der Waals surface area contributed by atoms with E-state index >= 15 is 0 Å². The van der Waals surface area contributed by atoms with Gasteiger partial charge in [-0.1, -0.05) is 22.9 Å². The van der Waals surface area contributed by atoms with Crippen molar-refractivity contribution in [3.8, 4) is 11.6 Å². The van der Waals surface area contributed by atoms with Gasteiger partial charge in [-0.2, -0.15) is 4.98 Å². The lowest BCUT2D eigenvalue weighted by Crippen LogP contribution is -1.98. The van der Waals surface area contributed by atoms with E-state index in [0.29, 0.717) is 21.3 Å². The predicted molar refractivity (Wildman–Crippen MR) is 80.0 cm³/mol. The van der Waals surface area contributed by atoms with Gasteiger partial charge in [-0.15, -0.1) is 0 Å². The molecular formula is C12H9Br2N3O3. The molecule has 104 valence electrons. The maximum atomic E-state index is 11.0. The number of rotatable bonds is 4. The molecule has 0 fully saturated rings. The molecule has 0 saturated heterocycles. The second-order valence-corrected chi connectivity index (χ2v) is 5.50. The van der Waals surface area contributed by atoms with Gasteiger partial charge in [0.15, 0.2) is 0 Å². The second-order valence-electron chi connectivity index (χ2n) is 3.77. The number of ether oxygens (including phenoxy) is 1. The van der Waals surface area contributed by atoms with Crippen LogP contribution < -0.4 is 4.74 Å². The Morgan fingerprint density at radius 3 is 2.70 bits per heavy atom. The molecule has 2 aromatic rings. The zero-order chi connectivity index (χ0) is 14.7. The lowest BCUT2D eigenvalue weighted by molar-refractivity contribution is -0.385. The van der Waals surface area contributed by atoms with E-state index in [-0.39, 0.29) is 17.3 Å². The van der Waals surface area contributed by atoms with Crippen LogP contribution in [0.2, 0.25) is 0 Å². The lowest BCUT2D eigenvalue weighted by atomic mass is 10.3. The first-order valence-electron chi connectivity index (χ1n) is 5.65. The van der Waals surface area contributed by atoms with Crippen LogP contribution in [-0.4, -0.2) is 14.9 Å². The standard InChI is InChI=1S/C12H9Br2N3O3/c1-2-11-15-10(14)6-12(16-11)20-9-4-3-7(13)5-8(9)17(18)19/h3-6H,2H2,1H3. The van der Waals surface area contributed by atoms with Crippen LogP contribution >= 0.6 is 31.9 Å². The highest BCUT2D eigenvalue weighted by Gasteiger charge is 2.17. The van der Waals surface area contributed by atoms with Crippen LogP contribution in [-0.2, 0) is 6.42 Å². The molecule has 0 bridgehead atoms. The van der Waals surface area contributed by atoms with Crippen molar-refractivity contribution in [3.63, 3.8) is 0 Å². The number of nitrogens with zero attached hydrogens (tertiary/aromatic N) is 3. The number of hydrogen-bond donors (Lipinski definition) is 0. The van der Waals surface area contributed by atoms with E-state index in [1.807, 2.05) is 6.92 Å². The van der Waals surface area contributed by atoms with Gasteiger partial charge in [-0.25, -0.2) is 4.98 Å². The van der Waals surface area contributed by atoms with E-state index in [0.717, 1.165) is 0 Å². The molecule has 1 aromatic heterocycles. The molecule has 0 aliphatic rings. The minimum absolute atomic E-state index is 0.130. The second kappa shape index (κ2) is 6.27. The van der Waals surface area contributed by atoms with Gasteiger partial charge in [-0.3, -0.25) is 10.1 Å². The van der Waals surface area contributed by atoms with Crippen molar-refractivity contribution in [3.05, 3.63) is 49.3 Å². The fourth-order valence-electron chi connectivity index (χ4n) is 1.48. The third-order valence-corrected chi connectivity index (χ3v) is 3.27. The minimum atomic E-state index is -0.503. The molecular weight excluding hydrogens is 394 g/mol. The van der Waals surface area contributed by atoms with Crippen LogP contribution in [0, 0.1) is 10.1 Å². The Bertz CT molecular complexity index is 664. The monoisotopic (exact) mass is 401 g/mol. The minimum Gasteiger partial charge on any atom is -0.432 e. The molecule has 0 radical (unpaired) electrons. The molecule has 0 spiro atoms. The maximum absolute atomic E-state index is 11.0. The van der Waals surface area contributed by atoms with Crippen LogP contribution in [0.25, 0.3) is 0 Å². The van der Waals surface area contributed by atoms with Crippen LogP contribution in [0.4, 0.5) is 5.69 Å². The molecule has 0 saturated carbocycles. The highest BCUT2D eigenvalue weighted by atomic mass is 79.9. The van der Waals surface area contributed by atoms with Gasteiger partial charge in [0, 0.05) is 23.0 Å². The average molecular weight is 403 g/mol. The molecule has 0 aliphatic carbocycles. The topological polar surface area (TPSA) is 78.2 Å². The third kappa shape index (κ3) is 3.51. The molecule has 1 aromatic carbocycles. The third-order valence-electron chi connectivity index (χ3n) is 2.37. The normalized spacial score (nSPS) is 10.3. The Morgan fingerprint density at radius 1 is 1.30 bits per heavy atom. The molecule has 1 heterocycles. The van der Waals surface area contributed by atoms with E-state index in [9.17, 15) is 10.1 Å². The lowest BCUT2D eigenvalue weighted by Gasteiger charge is -2.07. The highest BCUT2D eigenvalue weighted by molar-refractivity contribution is 9.10. The zero-order valence-electron chi connectivity index (χ0n) is 10.3. The van der Waals surface area contributed by atoms with Gasteiger partial charge in [0.2, 0.25) is 11.6 Å². The Hall–Kier alpha value is -1.54.